The molecule has 2 aromatic carbocycles. The zero-order valence-electron chi connectivity index (χ0n) is 22.2. The minimum atomic E-state index is -1.62. The number of ether oxygens (including phenoxy) is 1. The summed E-state index contributed by atoms with van der Waals surface area (Å²) in [5, 5.41) is 27.0. The van der Waals surface area contributed by atoms with Crippen LogP contribution in [0.1, 0.15) is 46.2 Å². The summed E-state index contributed by atoms with van der Waals surface area (Å²) >= 11 is 0. The monoisotopic (exact) mass is 565 g/mol. The number of likely N-dealkylation sites (tertiary alicyclic amines) is 1. The lowest BCUT2D eigenvalue weighted by Crippen LogP contribution is -2.51. The molecule has 2 atom stereocenters. The number of carbonyl (C=O) groups is 4. The number of nitrogen functional groups attached to an aromatic ring is 1. The minimum Gasteiger partial charge on any atom is -0.478 e. The number of oxime groups is 1. The number of fused-ring (bicyclic) bond motifs is 1. The van der Waals surface area contributed by atoms with Crippen LogP contribution in [-0.4, -0.2) is 81.2 Å². The van der Waals surface area contributed by atoms with E-state index in [-0.39, 0.29) is 36.2 Å². The Labute approximate surface area is 234 Å². The van der Waals surface area contributed by atoms with E-state index < -0.39 is 36.2 Å². The first-order valence-corrected chi connectivity index (χ1v) is 12.8. The SMILES string of the molecule is CC(NC(=O)c1ccc(/C(N)=N/O)cc1)C(=O)N1CCC(O[C@H](NC(=O)c2[nH]c3ccccc3c2N)C(=O)O)CC1. The molecule has 41 heavy (non-hydrogen) atoms. The maximum atomic E-state index is 12.9. The van der Waals surface area contributed by atoms with Crippen LogP contribution in [0, 0.1) is 0 Å². The molecule has 0 bridgehead atoms. The molecule has 1 aliphatic heterocycles. The lowest BCUT2D eigenvalue weighted by atomic mass is 10.1. The zero-order chi connectivity index (χ0) is 29.7. The summed E-state index contributed by atoms with van der Waals surface area (Å²) in [4.78, 5) is 54.6. The number of anilines is 1. The summed E-state index contributed by atoms with van der Waals surface area (Å²) in [6.07, 6.45) is -1.49. The van der Waals surface area contributed by atoms with Crippen LogP contribution in [0.4, 0.5) is 5.69 Å². The van der Waals surface area contributed by atoms with Gasteiger partial charge in [0.1, 0.15) is 11.7 Å². The number of hydrogen-bond donors (Lipinski definition) is 7. The lowest BCUT2D eigenvalue weighted by molar-refractivity contribution is -0.159. The van der Waals surface area contributed by atoms with Gasteiger partial charge in [0.25, 0.3) is 11.8 Å². The average Bonchev–Trinajstić information content (AvgIpc) is 3.32. The third-order valence-corrected chi connectivity index (χ3v) is 6.81. The fourth-order valence-electron chi connectivity index (χ4n) is 4.56. The Balaban J connectivity index is 1.28. The van der Waals surface area contributed by atoms with E-state index >= 15 is 0 Å². The van der Waals surface area contributed by atoms with Crippen LogP contribution >= 0.6 is 0 Å². The number of amidine groups is 1. The fraction of sp³-hybridized carbons (Fsp3) is 0.296. The maximum Gasteiger partial charge on any atom is 0.354 e. The van der Waals surface area contributed by atoms with Crippen molar-refractivity contribution in [3.05, 3.63) is 65.4 Å². The molecule has 2 heterocycles. The standard InChI is InChI=1S/C27H31N7O7/c1-14(30-23(35)16-8-6-15(7-9-16)22(29)33-40)26(37)34-12-10-17(11-13-34)41-25(27(38)39)32-24(36)21-20(28)18-4-2-3-5-19(18)31-21/h2-9,14,17,25,31,40H,10-13,28H2,1H3,(H2,29,33)(H,30,35)(H,32,36)(H,38,39)/t14?,25-/m0/s1. The van der Waals surface area contributed by atoms with Crippen molar-refractivity contribution >= 4 is 46.1 Å². The summed E-state index contributed by atoms with van der Waals surface area (Å²) in [6, 6.07) is 12.2. The van der Waals surface area contributed by atoms with E-state index in [4.69, 9.17) is 21.4 Å². The number of nitrogens with two attached hydrogens (primary N) is 2. The van der Waals surface area contributed by atoms with Gasteiger partial charge in [-0.25, -0.2) is 4.79 Å². The number of H-pyrrole nitrogens is 1. The first-order chi connectivity index (χ1) is 19.6. The number of aromatic nitrogens is 1. The molecule has 1 saturated heterocycles. The van der Waals surface area contributed by atoms with Crippen LogP contribution in [0.15, 0.2) is 53.7 Å². The number of benzene rings is 2. The Morgan fingerprint density at radius 1 is 1.02 bits per heavy atom. The first kappa shape index (κ1) is 28.9. The Morgan fingerprint density at radius 2 is 1.66 bits per heavy atom. The van der Waals surface area contributed by atoms with Crippen molar-refractivity contribution in [2.75, 3.05) is 18.8 Å². The van der Waals surface area contributed by atoms with E-state index in [1.807, 2.05) is 0 Å². The van der Waals surface area contributed by atoms with E-state index in [1.165, 1.54) is 24.3 Å². The molecular formula is C27H31N7O7. The third kappa shape index (κ3) is 6.55. The highest BCUT2D eigenvalue weighted by Crippen LogP contribution is 2.24. The van der Waals surface area contributed by atoms with Gasteiger partial charge in [-0.1, -0.05) is 35.5 Å². The molecule has 216 valence electrons. The number of hydrogen-bond acceptors (Lipinski definition) is 8. The number of nitrogens with one attached hydrogen (secondary N) is 3. The van der Waals surface area contributed by atoms with E-state index in [9.17, 15) is 24.3 Å². The predicted molar refractivity (Wildman–Crippen MR) is 148 cm³/mol. The number of aromatic amines is 1. The molecule has 1 unspecified atom stereocenters. The molecule has 0 aliphatic carbocycles. The largest absolute Gasteiger partial charge is 0.478 e. The molecule has 1 aromatic heterocycles. The van der Waals surface area contributed by atoms with Crippen molar-refractivity contribution in [3.63, 3.8) is 0 Å². The molecule has 4 rings (SSSR count). The number of carboxylic acids is 1. The first-order valence-electron chi connectivity index (χ1n) is 12.8. The van der Waals surface area contributed by atoms with Crippen LogP contribution in [0.5, 0.6) is 0 Å². The van der Waals surface area contributed by atoms with Gasteiger partial charge in [-0.3, -0.25) is 14.4 Å². The number of aliphatic carboxylic acids is 1. The van der Waals surface area contributed by atoms with Gasteiger partial charge in [0.05, 0.1) is 11.8 Å². The molecule has 3 aromatic rings. The van der Waals surface area contributed by atoms with E-state index in [0.717, 1.165) is 0 Å². The summed E-state index contributed by atoms with van der Waals surface area (Å²) in [6.45, 7) is 2.11. The van der Waals surface area contributed by atoms with Crippen molar-refractivity contribution in [3.8, 4) is 0 Å². The van der Waals surface area contributed by atoms with Gasteiger partial charge in [0, 0.05) is 35.1 Å². The van der Waals surface area contributed by atoms with Crippen molar-refractivity contribution in [1.82, 2.24) is 20.5 Å². The van der Waals surface area contributed by atoms with Crippen LogP contribution in [0.3, 0.4) is 0 Å². The number of para-hydroxylation sites is 1. The number of carbonyl (C=O) groups excluding carboxylic acids is 3. The molecule has 9 N–H and O–H groups in total. The maximum absolute atomic E-state index is 12.9. The average molecular weight is 566 g/mol. The Kier molecular flexibility index (Phi) is 8.72. The quantitative estimate of drug-likeness (QED) is 0.0639. The van der Waals surface area contributed by atoms with Crippen LogP contribution in [-0.2, 0) is 14.3 Å². The molecular weight excluding hydrogens is 534 g/mol. The summed E-state index contributed by atoms with van der Waals surface area (Å²) in [7, 11) is 0. The highest BCUT2D eigenvalue weighted by Gasteiger charge is 2.32. The third-order valence-electron chi connectivity index (χ3n) is 6.81. The highest BCUT2D eigenvalue weighted by atomic mass is 16.5. The van der Waals surface area contributed by atoms with Crippen LogP contribution in [0.2, 0.25) is 0 Å². The molecule has 0 saturated carbocycles. The zero-order valence-corrected chi connectivity index (χ0v) is 22.2. The molecule has 3 amide bonds. The van der Waals surface area contributed by atoms with Gasteiger partial charge in [0.2, 0.25) is 12.1 Å². The smallest absolute Gasteiger partial charge is 0.354 e. The highest BCUT2D eigenvalue weighted by molar-refractivity contribution is 6.08. The predicted octanol–water partition coefficient (Wildman–Crippen LogP) is 0.811. The van der Waals surface area contributed by atoms with E-state index in [0.29, 0.717) is 34.9 Å². The molecule has 14 heteroatoms. The van der Waals surface area contributed by atoms with Crippen LogP contribution in [0.25, 0.3) is 10.9 Å². The van der Waals surface area contributed by atoms with Gasteiger partial charge in [-0.15, -0.1) is 0 Å². The number of rotatable bonds is 9. The second kappa shape index (κ2) is 12.4. The lowest BCUT2D eigenvalue weighted by Gasteiger charge is -2.34. The van der Waals surface area contributed by atoms with Gasteiger partial charge in [0.15, 0.2) is 5.84 Å². The minimum absolute atomic E-state index is 0.0385. The second-order valence-electron chi connectivity index (χ2n) is 9.57. The van der Waals surface area contributed by atoms with Gasteiger partial charge in [-0.2, -0.15) is 0 Å². The van der Waals surface area contributed by atoms with Gasteiger partial charge < -0.3 is 47.0 Å². The molecule has 1 aliphatic rings. The fourth-order valence-corrected chi connectivity index (χ4v) is 4.56. The molecule has 0 radical (unpaired) electrons. The second-order valence-corrected chi connectivity index (χ2v) is 9.57. The molecule has 1 fully saturated rings. The summed E-state index contributed by atoms with van der Waals surface area (Å²) < 4.78 is 5.68. The van der Waals surface area contributed by atoms with Crippen molar-refractivity contribution in [2.45, 2.75) is 38.1 Å². The van der Waals surface area contributed by atoms with E-state index in [2.05, 4.69) is 20.8 Å². The summed E-state index contributed by atoms with van der Waals surface area (Å²) in [5.41, 5.74) is 13.2. The van der Waals surface area contributed by atoms with Gasteiger partial charge in [-0.05, 0) is 38.0 Å². The van der Waals surface area contributed by atoms with Gasteiger partial charge >= 0.3 is 5.97 Å². The molecule has 0 spiro atoms. The Hall–Kier alpha value is -5.11. The van der Waals surface area contributed by atoms with E-state index in [1.54, 1.807) is 36.1 Å². The number of nitrogens with zero attached hydrogens (tertiary/aromatic N) is 2. The van der Waals surface area contributed by atoms with Crippen molar-refractivity contribution in [1.29, 1.82) is 0 Å². The topological polar surface area (TPSA) is 225 Å². The van der Waals surface area contributed by atoms with Crippen molar-refractivity contribution < 1.29 is 34.2 Å². The summed E-state index contributed by atoms with van der Waals surface area (Å²) in [5.74, 6) is -2.96. The van der Waals surface area contributed by atoms with Crippen LogP contribution < -0.4 is 22.1 Å². The number of amides is 3. The molecule has 14 nitrogen and oxygen atoms in total. The normalized spacial score (nSPS) is 15.7. The van der Waals surface area contributed by atoms with Crippen molar-refractivity contribution in [2.24, 2.45) is 10.9 Å². The Morgan fingerprint density at radius 3 is 2.27 bits per heavy atom. The Bertz CT molecular complexity index is 1480. The number of piperidine rings is 1. The number of carboxylic acid groups (broad SMARTS) is 1.